The molecule has 0 heterocycles. The van der Waals surface area contributed by atoms with E-state index in [1.165, 1.54) is 24.3 Å². The third kappa shape index (κ3) is 5.98. The van der Waals surface area contributed by atoms with Crippen LogP contribution >= 0.6 is 23.2 Å². The molecule has 0 unspecified atom stereocenters. The van der Waals surface area contributed by atoms with Crippen LogP contribution in [0.15, 0.2) is 71.6 Å². The summed E-state index contributed by atoms with van der Waals surface area (Å²) in [6, 6.07) is 14.5. The minimum atomic E-state index is -4.82. The normalized spacial score (nSPS) is 11.8. The van der Waals surface area contributed by atoms with Crippen LogP contribution in [0.2, 0.25) is 10.0 Å². The minimum Gasteiger partial charge on any atom is -0.324 e. The van der Waals surface area contributed by atoms with Crippen LogP contribution in [-0.4, -0.2) is 20.9 Å². The highest BCUT2D eigenvalue weighted by Crippen LogP contribution is 2.38. The van der Waals surface area contributed by atoms with E-state index < -0.39 is 39.2 Å². The Morgan fingerprint density at radius 1 is 1.00 bits per heavy atom. The van der Waals surface area contributed by atoms with Gasteiger partial charge in [-0.1, -0.05) is 47.0 Å². The zero-order valence-electron chi connectivity index (χ0n) is 17.0. The first-order valence-electron chi connectivity index (χ1n) is 9.39. The molecule has 3 aromatic carbocycles. The standard InChI is InChI=1S/C22H17Cl2F3N2O3S/c1-14-5-8-18(9-6-14)33(31,32)29(13-21(30)28-16-4-2-3-15(23)11-16)17-7-10-20(24)19(12-17)22(25,26)27/h2-12H,13H2,1H3,(H,28,30). The quantitative estimate of drug-likeness (QED) is 0.426. The van der Waals surface area contributed by atoms with Gasteiger partial charge in [-0.25, -0.2) is 8.42 Å². The van der Waals surface area contributed by atoms with Gasteiger partial charge in [0.05, 0.1) is 21.2 Å². The molecular formula is C22H17Cl2F3N2O3S. The highest BCUT2D eigenvalue weighted by molar-refractivity contribution is 7.92. The monoisotopic (exact) mass is 516 g/mol. The maximum absolute atomic E-state index is 13.4. The van der Waals surface area contributed by atoms with Gasteiger partial charge in [-0.3, -0.25) is 9.10 Å². The lowest BCUT2D eigenvalue weighted by molar-refractivity contribution is -0.137. The van der Waals surface area contributed by atoms with Gasteiger partial charge in [0.1, 0.15) is 6.54 Å². The molecule has 5 nitrogen and oxygen atoms in total. The van der Waals surface area contributed by atoms with Crippen molar-refractivity contribution >= 4 is 50.5 Å². The van der Waals surface area contributed by atoms with Crippen molar-refractivity contribution in [1.29, 1.82) is 0 Å². The topological polar surface area (TPSA) is 66.5 Å². The van der Waals surface area contributed by atoms with Gasteiger partial charge in [0, 0.05) is 10.7 Å². The van der Waals surface area contributed by atoms with Crippen LogP contribution in [0.1, 0.15) is 11.1 Å². The second-order valence-electron chi connectivity index (χ2n) is 7.05. The van der Waals surface area contributed by atoms with Gasteiger partial charge in [0.25, 0.3) is 10.0 Å². The maximum Gasteiger partial charge on any atom is 0.417 e. The Kier molecular flexibility index (Phi) is 7.26. The molecule has 11 heteroatoms. The second kappa shape index (κ2) is 9.62. The number of benzene rings is 3. The van der Waals surface area contributed by atoms with Gasteiger partial charge in [-0.2, -0.15) is 13.2 Å². The maximum atomic E-state index is 13.4. The van der Waals surface area contributed by atoms with Crippen molar-refractivity contribution in [2.75, 3.05) is 16.2 Å². The van der Waals surface area contributed by atoms with Crippen LogP contribution in [0.4, 0.5) is 24.5 Å². The van der Waals surface area contributed by atoms with Crippen LogP contribution in [0.25, 0.3) is 0 Å². The van der Waals surface area contributed by atoms with Crippen molar-refractivity contribution in [3.05, 3.63) is 87.9 Å². The average Bonchev–Trinajstić information content (AvgIpc) is 2.72. The van der Waals surface area contributed by atoms with E-state index >= 15 is 0 Å². The number of aryl methyl sites for hydroxylation is 1. The molecule has 0 aliphatic heterocycles. The molecule has 0 saturated heterocycles. The first kappa shape index (κ1) is 24.9. The van der Waals surface area contributed by atoms with Gasteiger partial charge in [-0.05, 0) is 55.5 Å². The van der Waals surface area contributed by atoms with Gasteiger partial charge in [0.2, 0.25) is 5.91 Å². The molecule has 33 heavy (non-hydrogen) atoms. The number of carbonyl (C=O) groups excluding carboxylic acids is 1. The third-order valence-corrected chi connectivity index (χ3v) is 6.90. The summed E-state index contributed by atoms with van der Waals surface area (Å²) in [7, 11) is -4.41. The number of nitrogens with one attached hydrogen (secondary N) is 1. The number of hydrogen-bond acceptors (Lipinski definition) is 3. The number of anilines is 2. The van der Waals surface area contributed by atoms with E-state index in [1.807, 2.05) is 0 Å². The predicted molar refractivity (Wildman–Crippen MR) is 122 cm³/mol. The fourth-order valence-corrected chi connectivity index (χ4v) is 4.76. The summed E-state index contributed by atoms with van der Waals surface area (Å²) < 4.78 is 67.5. The molecule has 3 aromatic rings. The summed E-state index contributed by atoms with van der Waals surface area (Å²) in [6.07, 6.45) is -4.82. The fraction of sp³-hybridized carbons (Fsp3) is 0.136. The molecule has 0 spiro atoms. The summed E-state index contributed by atoms with van der Waals surface area (Å²) in [5.74, 6) is -0.781. The van der Waals surface area contributed by atoms with Gasteiger partial charge >= 0.3 is 6.18 Å². The largest absolute Gasteiger partial charge is 0.417 e. The highest BCUT2D eigenvalue weighted by atomic mass is 35.5. The zero-order chi connectivity index (χ0) is 24.4. The first-order valence-corrected chi connectivity index (χ1v) is 11.6. The zero-order valence-corrected chi connectivity index (χ0v) is 19.4. The minimum absolute atomic E-state index is 0.188. The molecule has 0 aromatic heterocycles. The number of nitrogens with zero attached hydrogens (tertiary/aromatic N) is 1. The lowest BCUT2D eigenvalue weighted by Crippen LogP contribution is -2.38. The van der Waals surface area contributed by atoms with Crippen molar-refractivity contribution in [3.63, 3.8) is 0 Å². The van der Waals surface area contributed by atoms with Crippen LogP contribution < -0.4 is 9.62 Å². The summed E-state index contributed by atoms with van der Waals surface area (Å²) >= 11 is 11.6. The number of hydrogen-bond donors (Lipinski definition) is 1. The van der Waals surface area contributed by atoms with Crippen LogP contribution in [0, 0.1) is 6.92 Å². The molecule has 1 amide bonds. The number of halogens is 5. The third-order valence-electron chi connectivity index (χ3n) is 4.55. The molecular weight excluding hydrogens is 500 g/mol. The highest BCUT2D eigenvalue weighted by Gasteiger charge is 2.35. The number of sulfonamides is 1. The summed E-state index contributed by atoms with van der Waals surface area (Å²) in [6.45, 7) is 0.961. The van der Waals surface area contributed by atoms with Crippen molar-refractivity contribution in [2.45, 2.75) is 18.0 Å². The summed E-state index contributed by atoms with van der Waals surface area (Å²) in [4.78, 5) is 12.5. The molecule has 0 saturated carbocycles. The number of amides is 1. The lowest BCUT2D eigenvalue weighted by atomic mass is 10.2. The van der Waals surface area contributed by atoms with E-state index in [4.69, 9.17) is 23.2 Å². The summed E-state index contributed by atoms with van der Waals surface area (Å²) in [5, 5.41) is 2.24. The van der Waals surface area contributed by atoms with E-state index in [-0.39, 0.29) is 10.6 Å². The van der Waals surface area contributed by atoms with Gasteiger partial charge in [-0.15, -0.1) is 0 Å². The van der Waals surface area contributed by atoms with E-state index in [0.29, 0.717) is 21.1 Å². The molecule has 3 rings (SSSR count). The van der Waals surface area contributed by atoms with Gasteiger partial charge in [0.15, 0.2) is 0 Å². The molecule has 0 radical (unpaired) electrons. The summed E-state index contributed by atoms with van der Waals surface area (Å²) in [5.41, 5.74) is -0.508. The Hall–Kier alpha value is -2.75. The fourth-order valence-electron chi connectivity index (χ4n) is 2.94. The van der Waals surface area contributed by atoms with E-state index in [0.717, 1.165) is 17.7 Å². The van der Waals surface area contributed by atoms with Gasteiger partial charge < -0.3 is 5.32 Å². The van der Waals surface area contributed by atoms with Crippen LogP contribution in [-0.2, 0) is 21.0 Å². The SMILES string of the molecule is Cc1ccc(S(=O)(=O)N(CC(=O)Nc2cccc(Cl)c2)c2ccc(Cl)c(C(F)(F)F)c2)cc1. The number of rotatable bonds is 6. The molecule has 1 N–H and O–H groups in total. The molecule has 0 aliphatic rings. The van der Waals surface area contributed by atoms with Crippen LogP contribution in [0.5, 0.6) is 0 Å². The predicted octanol–water partition coefficient (Wildman–Crippen LogP) is 6.15. The van der Waals surface area contributed by atoms with E-state index in [2.05, 4.69) is 5.32 Å². The average molecular weight is 517 g/mol. The molecule has 0 bridgehead atoms. The van der Waals surface area contributed by atoms with Crippen LogP contribution in [0.3, 0.4) is 0 Å². The molecule has 174 valence electrons. The van der Waals surface area contributed by atoms with E-state index in [1.54, 1.807) is 31.2 Å². The second-order valence-corrected chi connectivity index (χ2v) is 9.75. The smallest absolute Gasteiger partial charge is 0.324 e. The van der Waals surface area contributed by atoms with Crippen molar-refractivity contribution in [1.82, 2.24) is 0 Å². The van der Waals surface area contributed by atoms with Crippen molar-refractivity contribution in [2.24, 2.45) is 0 Å². The number of alkyl halides is 3. The lowest BCUT2D eigenvalue weighted by Gasteiger charge is -2.25. The van der Waals surface area contributed by atoms with E-state index in [9.17, 15) is 26.4 Å². The first-order chi connectivity index (χ1) is 15.4. The molecule has 0 fully saturated rings. The van der Waals surface area contributed by atoms with Crippen molar-refractivity contribution in [3.8, 4) is 0 Å². The molecule has 0 aliphatic carbocycles. The molecule has 0 atom stereocenters. The Bertz CT molecular complexity index is 1280. The Morgan fingerprint density at radius 2 is 1.67 bits per heavy atom. The van der Waals surface area contributed by atoms with Crippen molar-refractivity contribution < 1.29 is 26.4 Å². The Morgan fingerprint density at radius 3 is 2.27 bits per heavy atom. The number of carbonyl (C=O) groups is 1. The Balaban J connectivity index is 2.05. The Labute approximate surface area is 198 Å².